The van der Waals surface area contributed by atoms with Gasteiger partial charge in [0.1, 0.15) is 11.4 Å². The highest BCUT2D eigenvalue weighted by atomic mass is 127. The Labute approximate surface area is 210 Å². The molecule has 1 saturated carbocycles. The molecule has 1 aromatic rings. The third kappa shape index (κ3) is 4.35. The maximum atomic E-state index is 13.6. The van der Waals surface area contributed by atoms with Crippen LogP contribution < -0.4 is 10.2 Å². The minimum atomic E-state index is -0.907. The van der Waals surface area contributed by atoms with Crippen molar-refractivity contribution >= 4 is 46.2 Å². The van der Waals surface area contributed by atoms with Gasteiger partial charge in [-0.25, -0.2) is 9.59 Å². The van der Waals surface area contributed by atoms with Crippen molar-refractivity contribution in [1.29, 1.82) is 0 Å². The lowest BCUT2D eigenvalue weighted by molar-refractivity contribution is 0.0138. The molecule has 2 N–H and O–H groups in total. The van der Waals surface area contributed by atoms with Crippen LogP contribution in [-0.4, -0.2) is 52.1 Å². The fourth-order valence-corrected chi connectivity index (χ4v) is 6.84. The predicted molar refractivity (Wildman–Crippen MR) is 139 cm³/mol. The van der Waals surface area contributed by atoms with Crippen molar-refractivity contribution in [2.75, 3.05) is 11.4 Å². The van der Waals surface area contributed by atoms with Gasteiger partial charge in [-0.15, -0.1) is 0 Å². The van der Waals surface area contributed by atoms with E-state index in [2.05, 4.69) is 48.7 Å². The summed E-state index contributed by atoms with van der Waals surface area (Å²) in [5.41, 5.74) is -0.161. The highest BCUT2D eigenvalue weighted by Gasteiger charge is 2.63. The van der Waals surface area contributed by atoms with Crippen LogP contribution in [-0.2, 0) is 0 Å². The van der Waals surface area contributed by atoms with E-state index < -0.39 is 11.6 Å². The van der Waals surface area contributed by atoms with Crippen molar-refractivity contribution in [1.82, 2.24) is 10.2 Å². The number of amidine groups is 1. The number of carboxylic acid groups (broad SMARTS) is 1. The van der Waals surface area contributed by atoms with Crippen LogP contribution in [0.4, 0.5) is 15.3 Å². The molecule has 2 heterocycles. The van der Waals surface area contributed by atoms with Crippen molar-refractivity contribution in [3.05, 3.63) is 27.8 Å². The molecule has 3 fully saturated rings. The van der Waals surface area contributed by atoms with Crippen LogP contribution >= 0.6 is 22.6 Å². The lowest BCUT2D eigenvalue weighted by Gasteiger charge is -2.56. The third-order valence-corrected chi connectivity index (χ3v) is 8.33. The summed E-state index contributed by atoms with van der Waals surface area (Å²) >= 11 is 2.27. The molecule has 8 heteroatoms. The molecule has 0 aromatic heterocycles. The number of anilines is 1. The van der Waals surface area contributed by atoms with E-state index in [1.54, 1.807) is 0 Å². The van der Waals surface area contributed by atoms with Gasteiger partial charge in [-0.3, -0.25) is 15.2 Å². The normalized spacial score (nSPS) is 30.2. The van der Waals surface area contributed by atoms with E-state index in [1.165, 1.54) is 11.3 Å². The summed E-state index contributed by atoms with van der Waals surface area (Å²) in [6, 6.07) is 7.75. The monoisotopic (exact) mass is 566 g/mol. The summed E-state index contributed by atoms with van der Waals surface area (Å²) < 4.78 is 1.10. The molecule has 3 amide bonds. The minimum absolute atomic E-state index is 0.143. The largest absolute Gasteiger partial charge is 0.465 e. The number of hydrogen-bond acceptors (Lipinski definition) is 3. The standard InChI is InChI=1S/C25H35IN4O3/c1-16-20(24(2,3)4)25(14-15-29(16)23(32)33)21(27-18-8-6-5-7-9-18)28-22(31)30(25)19-12-10-17(26)11-13-19/h10-13,16,18,20H,5-9,14-15H2,1-4H3,(H,32,33)(H,27,28,31)/t16-,20+,25?/m0/s1. The summed E-state index contributed by atoms with van der Waals surface area (Å²) in [6.45, 7) is 8.79. The number of carbonyl (C=O) groups excluding carboxylic acids is 1. The van der Waals surface area contributed by atoms with E-state index in [-0.39, 0.29) is 29.4 Å². The van der Waals surface area contributed by atoms with Crippen LogP contribution in [0, 0.1) is 14.9 Å². The van der Waals surface area contributed by atoms with Gasteiger partial charge in [-0.05, 0) is 78.5 Å². The molecule has 7 nitrogen and oxygen atoms in total. The van der Waals surface area contributed by atoms with Crippen molar-refractivity contribution < 1.29 is 14.7 Å². The van der Waals surface area contributed by atoms with Crippen molar-refractivity contribution in [3.8, 4) is 0 Å². The molecule has 4 rings (SSSR count). The Balaban J connectivity index is 1.90. The second-order valence-corrected chi connectivity index (χ2v) is 12.0. The molecular weight excluding hydrogens is 531 g/mol. The van der Waals surface area contributed by atoms with Gasteiger partial charge < -0.3 is 10.0 Å². The second kappa shape index (κ2) is 9.07. The van der Waals surface area contributed by atoms with Crippen molar-refractivity contribution in [2.24, 2.45) is 16.3 Å². The molecule has 1 aromatic carbocycles. The number of benzene rings is 1. The molecule has 1 aliphatic carbocycles. The van der Waals surface area contributed by atoms with Gasteiger partial charge in [-0.2, -0.15) is 0 Å². The summed E-state index contributed by atoms with van der Waals surface area (Å²) in [6.07, 6.45) is 5.25. The smallest absolute Gasteiger partial charge is 0.407 e. The van der Waals surface area contributed by atoms with Crippen LogP contribution in [0.3, 0.4) is 0 Å². The first kappa shape index (κ1) is 24.3. The molecule has 3 atom stereocenters. The molecule has 0 radical (unpaired) electrons. The number of rotatable bonds is 2. The van der Waals surface area contributed by atoms with Crippen LogP contribution in [0.5, 0.6) is 0 Å². The Kier molecular flexibility index (Phi) is 6.68. The molecule has 2 aliphatic heterocycles. The molecule has 0 bridgehead atoms. The van der Waals surface area contributed by atoms with Gasteiger partial charge in [0.2, 0.25) is 0 Å². The van der Waals surface area contributed by atoms with Crippen LogP contribution in [0.25, 0.3) is 0 Å². The van der Waals surface area contributed by atoms with Crippen molar-refractivity contribution in [2.45, 2.75) is 83.8 Å². The molecule has 3 aliphatic rings. The zero-order valence-electron chi connectivity index (χ0n) is 20.0. The quantitative estimate of drug-likeness (QED) is 0.449. The van der Waals surface area contributed by atoms with Gasteiger partial charge in [0, 0.05) is 27.8 Å². The minimum Gasteiger partial charge on any atom is -0.465 e. The molecule has 33 heavy (non-hydrogen) atoms. The van der Waals surface area contributed by atoms with E-state index in [4.69, 9.17) is 4.99 Å². The zero-order valence-corrected chi connectivity index (χ0v) is 22.1. The average Bonchev–Trinajstić information content (AvgIpc) is 2.99. The third-order valence-electron chi connectivity index (χ3n) is 7.61. The van der Waals surface area contributed by atoms with E-state index in [0.717, 1.165) is 40.8 Å². The van der Waals surface area contributed by atoms with E-state index >= 15 is 0 Å². The number of halogens is 1. The van der Waals surface area contributed by atoms with Gasteiger partial charge >= 0.3 is 12.1 Å². The number of amides is 3. The lowest BCUT2D eigenvalue weighted by Crippen LogP contribution is -2.69. The average molecular weight is 566 g/mol. The number of aliphatic imine (C=N–C) groups is 1. The van der Waals surface area contributed by atoms with E-state index in [0.29, 0.717) is 13.0 Å². The topological polar surface area (TPSA) is 85.2 Å². The fourth-order valence-electron chi connectivity index (χ4n) is 6.48. The summed E-state index contributed by atoms with van der Waals surface area (Å²) in [4.78, 5) is 34.3. The first-order valence-electron chi connectivity index (χ1n) is 12.0. The Bertz CT molecular complexity index is 936. The van der Waals surface area contributed by atoms with Gasteiger partial charge in [-0.1, -0.05) is 40.0 Å². The number of urea groups is 1. The molecule has 2 saturated heterocycles. The van der Waals surface area contributed by atoms with Gasteiger partial charge in [0.15, 0.2) is 0 Å². The Morgan fingerprint density at radius 1 is 1.18 bits per heavy atom. The SMILES string of the molecule is C[C@H]1[C@H](C(C)(C)C)C2(CCN1C(=O)O)C(=NC1CCCCC1)NC(=O)N2c1ccc(I)cc1. The fraction of sp³-hybridized carbons (Fsp3) is 0.640. The second-order valence-electron chi connectivity index (χ2n) is 10.7. The van der Waals surface area contributed by atoms with Crippen LogP contribution in [0.15, 0.2) is 29.3 Å². The summed E-state index contributed by atoms with van der Waals surface area (Å²) in [5.74, 6) is 0.588. The molecule has 180 valence electrons. The Morgan fingerprint density at radius 3 is 2.39 bits per heavy atom. The molecule has 1 spiro atoms. The Morgan fingerprint density at radius 2 is 1.82 bits per heavy atom. The molecular formula is C25H35IN4O3. The summed E-state index contributed by atoms with van der Waals surface area (Å²) in [5, 5.41) is 13.1. The van der Waals surface area contributed by atoms with Gasteiger partial charge in [0.25, 0.3) is 0 Å². The summed E-state index contributed by atoms with van der Waals surface area (Å²) in [7, 11) is 0. The zero-order chi connectivity index (χ0) is 24.0. The number of nitrogens with zero attached hydrogens (tertiary/aromatic N) is 3. The highest BCUT2D eigenvalue weighted by Crippen LogP contribution is 2.51. The number of likely N-dealkylation sites (tertiary alicyclic amines) is 1. The maximum absolute atomic E-state index is 13.6. The van der Waals surface area contributed by atoms with Gasteiger partial charge in [0.05, 0.1) is 6.04 Å². The first-order chi connectivity index (χ1) is 15.6. The van der Waals surface area contributed by atoms with Crippen LogP contribution in [0.1, 0.15) is 66.2 Å². The van der Waals surface area contributed by atoms with E-state index in [9.17, 15) is 14.7 Å². The Hall–Kier alpha value is -1.84. The number of piperidine rings is 1. The first-order valence-corrected chi connectivity index (χ1v) is 13.1. The maximum Gasteiger partial charge on any atom is 0.407 e. The predicted octanol–water partition coefficient (Wildman–Crippen LogP) is 5.73. The lowest BCUT2D eigenvalue weighted by atomic mass is 9.61. The molecule has 1 unspecified atom stereocenters. The van der Waals surface area contributed by atoms with Crippen LogP contribution in [0.2, 0.25) is 0 Å². The number of carbonyl (C=O) groups is 2. The highest BCUT2D eigenvalue weighted by molar-refractivity contribution is 14.1. The number of nitrogens with one attached hydrogen (secondary N) is 1. The number of hydrogen-bond donors (Lipinski definition) is 2. The van der Waals surface area contributed by atoms with E-state index in [1.807, 2.05) is 36.1 Å². The van der Waals surface area contributed by atoms with Crippen molar-refractivity contribution in [3.63, 3.8) is 0 Å².